The van der Waals surface area contributed by atoms with Crippen molar-refractivity contribution in [3.05, 3.63) is 29.3 Å². The number of aryl methyl sites for hydroxylation is 1. The van der Waals surface area contributed by atoms with Gasteiger partial charge in [-0.25, -0.2) is 0 Å². The van der Waals surface area contributed by atoms with Crippen molar-refractivity contribution in [3.8, 4) is 0 Å². The molecule has 0 saturated carbocycles. The highest BCUT2D eigenvalue weighted by Crippen LogP contribution is 2.40. The predicted molar refractivity (Wildman–Crippen MR) is 80.6 cm³/mol. The van der Waals surface area contributed by atoms with Crippen molar-refractivity contribution in [2.75, 3.05) is 18.0 Å². The quantitative estimate of drug-likeness (QED) is 0.710. The van der Waals surface area contributed by atoms with E-state index in [1.54, 1.807) is 0 Å². The molecule has 0 radical (unpaired) electrons. The first-order valence-electron chi connectivity index (χ1n) is 7.04. The van der Waals surface area contributed by atoms with Crippen LogP contribution < -0.4 is 4.90 Å². The molecule has 1 aromatic rings. The molecule has 18 heavy (non-hydrogen) atoms. The van der Waals surface area contributed by atoms with Gasteiger partial charge in [0.25, 0.3) is 0 Å². The molecule has 0 atom stereocenters. The van der Waals surface area contributed by atoms with E-state index in [0.717, 1.165) is 0 Å². The third-order valence-corrected chi connectivity index (χ3v) is 4.95. The van der Waals surface area contributed by atoms with E-state index in [4.69, 9.17) is 11.6 Å². The van der Waals surface area contributed by atoms with Crippen LogP contribution in [-0.2, 0) is 5.88 Å². The number of alkyl halides is 1. The maximum absolute atomic E-state index is 6.09. The van der Waals surface area contributed by atoms with Crippen LogP contribution in [0.2, 0.25) is 0 Å². The molecule has 1 heterocycles. The Kier molecular flexibility index (Phi) is 4.21. The molecule has 1 nitrogen and oxygen atoms in total. The normalized spacial score (nSPS) is 18.3. The van der Waals surface area contributed by atoms with Crippen molar-refractivity contribution >= 4 is 17.3 Å². The molecule has 0 unspecified atom stereocenters. The van der Waals surface area contributed by atoms with E-state index in [-0.39, 0.29) is 0 Å². The number of anilines is 1. The van der Waals surface area contributed by atoms with Crippen molar-refractivity contribution in [2.45, 2.75) is 45.9 Å². The molecule has 1 saturated heterocycles. The molecule has 0 bridgehead atoms. The fourth-order valence-corrected chi connectivity index (χ4v) is 3.31. The maximum atomic E-state index is 6.09. The number of hydrogen-bond acceptors (Lipinski definition) is 1. The molecule has 1 aliphatic heterocycles. The van der Waals surface area contributed by atoms with Gasteiger partial charge in [0.1, 0.15) is 0 Å². The Labute approximate surface area is 116 Å². The Morgan fingerprint density at radius 3 is 2.56 bits per heavy atom. The Balaban J connectivity index is 2.24. The molecule has 1 aromatic carbocycles. The van der Waals surface area contributed by atoms with Gasteiger partial charge in [0.05, 0.1) is 0 Å². The van der Waals surface area contributed by atoms with E-state index < -0.39 is 0 Å². The topological polar surface area (TPSA) is 3.24 Å². The van der Waals surface area contributed by atoms with Gasteiger partial charge in [-0.3, -0.25) is 0 Å². The molecule has 0 aliphatic carbocycles. The van der Waals surface area contributed by atoms with Crippen LogP contribution in [0.4, 0.5) is 5.69 Å². The summed E-state index contributed by atoms with van der Waals surface area (Å²) in [5, 5.41) is 0. The van der Waals surface area contributed by atoms with Crippen LogP contribution in [0.15, 0.2) is 18.2 Å². The maximum Gasteiger partial charge on any atom is 0.0494 e. The molecule has 100 valence electrons. The van der Waals surface area contributed by atoms with Crippen molar-refractivity contribution in [1.29, 1.82) is 0 Å². The molecule has 2 heteroatoms. The molecule has 0 N–H and O–H groups in total. The van der Waals surface area contributed by atoms with E-state index in [9.17, 15) is 0 Å². The van der Waals surface area contributed by atoms with Gasteiger partial charge >= 0.3 is 0 Å². The largest absolute Gasteiger partial charge is 0.371 e. The molecule has 0 spiro atoms. The number of nitrogens with zero attached hydrogens (tertiary/aromatic N) is 1. The molecule has 0 amide bonds. The zero-order valence-electron chi connectivity index (χ0n) is 11.8. The molecule has 2 rings (SSSR count). The Morgan fingerprint density at radius 1 is 1.28 bits per heavy atom. The number of hydrogen-bond donors (Lipinski definition) is 0. The van der Waals surface area contributed by atoms with E-state index in [1.165, 1.54) is 49.2 Å². The second kappa shape index (κ2) is 5.52. The van der Waals surface area contributed by atoms with Crippen molar-refractivity contribution in [1.82, 2.24) is 0 Å². The standard InChI is InChI=1S/C16H24ClN/c1-4-16(5-2)8-9-18(12-16)15-7-6-13(3)10-14(15)11-17/h6-7,10H,4-5,8-9,11-12H2,1-3H3. The van der Waals surface area contributed by atoms with E-state index in [2.05, 4.69) is 43.9 Å². The monoisotopic (exact) mass is 265 g/mol. The highest BCUT2D eigenvalue weighted by molar-refractivity contribution is 6.17. The number of halogens is 1. The van der Waals surface area contributed by atoms with Gasteiger partial charge in [-0.2, -0.15) is 0 Å². The van der Waals surface area contributed by atoms with Crippen molar-refractivity contribution in [3.63, 3.8) is 0 Å². The average molecular weight is 266 g/mol. The van der Waals surface area contributed by atoms with Crippen LogP contribution in [0.3, 0.4) is 0 Å². The summed E-state index contributed by atoms with van der Waals surface area (Å²) in [5.41, 5.74) is 4.44. The minimum Gasteiger partial charge on any atom is -0.371 e. The van der Waals surface area contributed by atoms with Crippen LogP contribution in [0.1, 0.15) is 44.2 Å². The fraction of sp³-hybridized carbons (Fsp3) is 0.625. The third-order valence-electron chi connectivity index (χ3n) is 4.66. The van der Waals surface area contributed by atoms with Gasteiger partial charge in [0.15, 0.2) is 0 Å². The lowest BCUT2D eigenvalue weighted by molar-refractivity contribution is 0.301. The van der Waals surface area contributed by atoms with Crippen LogP contribution in [0.5, 0.6) is 0 Å². The van der Waals surface area contributed by atoms with Crippen LogP contribution in [0, 0.1) is 12.3 Å². The average Bonchev–Trinajstić information content (AvgIpc) is 2.83. The van der Waals surface area contributed by atoms with E-state index in [0.29, 0.717) is 11.3 Å². The van der Waals surface area contributed by atoms with Gasteiger partial charge in [0.2, 0.25) is 0 Å². The smallest absolute Gasteiger partial charge is 0.0494 e. The van der Waals surface area contributed by atoms with Crippen LogP contribution >= 0.6 is 11.6 Å². The molecule has 0 aromatic heterocycles. The highest BCUT2D eigenvalue weighted by Gasteiger charge is 2.35. The molecular formula is C16H24ClN. The summed E-state index contributed by atoms with van der Waals surface area (Å²) in [4.78, 5) is 2.53. The zero-order valence-corrected chi connectivity index (χ0v) is 12.6. The summed E-state index contributed by atoms with van der Waals surface area (Å²) in [6.07, 6.45) is 3.87. The Hall–Kier alpha value is -0.690. The van der Waals surface area contributed by atoms with Gasteiger partial charge in [-0.15, -0.1) is 11.6 Å². The van der Waals surface area contributed by atoms with Crippen molar-refractivity contribution in [2.24, 2.45) is 5.41 Å². The minimum atomic E-state index is 0.522. The third kappa shape index (κ3) is 2.51. The van der Waals surface area contributed by atoms with Crippen LogP contribution in [-0.4, -0.2) is 13.1 Å². The second-order valence-electron chi connectivity index (χ2n) is 5.64. The number of benzene rings is 1. The second-order valence-corrected chi connectivity index (χ2v) is 5.91. The minimum absolute atomic E-state index is 0.522. The molecule has 1 aliphatic rings. The lowest BCUT2D eigenvalue weighted by atomic mass is 9.82. The lowest BCUT2D eigenvalue weighted by Crippen LogP contribution is -2.26. The number of rotatable bonds is 4. The molecule has 1 fully saturated rings. The summed E-state index contributed by atoms with van der Waals surface area (Å²) < 4.78 is 0. The van der Waals surface area contributed by atoms with Gasteiger partial charge in [-0.1, -0.05) is 31.5 Å². The summed E-state index contributed by atoms with van der Waals surface area (Å²) in [5.74, 6) is 0.610. The van der Waals surface area contributed by atoms with E-state index in [1.807, 2.05) is 0 Å². The summed E-state index contributed by atoms with van der Waals surface area (Å²) >= 11 is 6.09. The first-order chi connectivity index (χ1) is 8.64. The summed E-state index contributed by atoms with van der Waals surface area (Å²) in [6, 6.07) is 6.66. The SMILES string of the molecule is CCC1(CC)CCN(c2ccc(C)cc2CCl)C1. The van der Waals surface area contributed by atoms with Gasteiger partial charge in [0, 0.05) is 24.7 Å². The fourth-order valence-electron chi connectivity index (χ4n) is 3.10. The van der Waals surface area contributed by atoms with Gasteiger partial charge in [-0.05, 0) is 43.2 Å². The van der Waals surface area contributed by atoms with Gasteiger partial charge < -0.3 is 4.90 Å². The van der Waals surface area contributed by atoms with Crippen LogP contribution in [0.25, 0.3) is 0 Å². The summed E-state index contributed by atoms with van der Waals surface area (Å²) in [6.45, 7) is 9.14. The van der Waals surface area contributed by atoms with Crippen molar-refractivity contribution < 1.29 is 0 Å². The first kappa shape index (κ1) is 13.7. The highest BCUT2D eigenvalue weighted by atomic mass is 35.5. The van der Waals surface area contributed by atoms with E-state index >= 15 is 0 Å². The Morgan fingerprint density at radius 2 is 2.00 bits per heavy atom. The first-order valence-corrected chi connectivity index (χ1v) is 7.58. The predicted octanol–water partition coefficient (Wildman–Crippen LogP) is 4.75. The lowest BCUT2D eigenvalue weighted by Gasteiger charge is -2.28. The Bertz CT molecular complexity index is 410. The zero-order chi connectivity index (χ0) is 13.2. The summed E-state index contributed by atoms with van der Waals surface area (Å²) in [7, 11) is 0. The molecular weight excluding hydrogens is 242 g/mol.